The Labute approximate surface area is 58.9 Å². The molecule has 1 rings (SSSR count). The van der Waals surface area contributed by atoms with E-state index in [1.807, 2.05) is 0 Å². The van der Waals surface area contributed by atoms with E-state index in [4.69, 9.17) is 5.11 Å². The minimum absolute atomic E-state index is 0.116. The molecule has 1 aromatic rings. The van der Waals surface area contributed by atoms with Crippen molar-refractivity contribution in [3.05, 3.63) is 18.1 Å². The van der Waals surface area contributed by atoms with Crippen LogP contribution in [-0.2, 0) is 6.61 Å². The van der Waals surface area contributed by atoms with E-state index >= 15 is 0 Å². The third-order valence-corrected chi connectivity index (χ3v) is 1.10. The van der Waals surface area contributed by atoms with Crippen molar-refractivity contribution < 1.29 is 5.11 Å². The first kappa shape index (κ1) is 6.95. The van der Waals surface area contributed by atoms with Gasteiger partial charge in [-0.15, -0.1) is 0 Å². The van der Waals surface area contributed by atoms with Gasteiger partial charge < -0.3 is 10.4 Å². The second-order valence-electron chi connectivity index (χ2n) is 1.77. The van der Waals surface area contributed by atoms with Crippen molar-refractivity contribution >= 4 is 5.82 Å². The predicted octanol–water partition coefficient (Wildman–Crippen LogP) is 0.0106. The van der Waals surface area contributed by atoms with E-state index in [1.165, 1.54) is 0 Å². The average Bonchev–Trinajstić information content (AvgIpc) is 2.05. The molecule has 0 saturated carbocycles. The summed E-state index contributed by atoms with van der Waals surface area (Å²) in [6, 6.07) is 1.74. The molecule has 0 aromatic carbocycles. The van der Waals surface area contributed by atoms with Crippen molar-refractivity contribution in [3.8, 4) is 0 Å². The Morgan fingerprint density at radius 3 is 3.10 bits per heavy atom. The van der Waals surface area contributed by atoms with E-state index in [1.54, 1.807) is 19.3 Å². The number of hydrogen-bond donors (Lipinski definition) is 2. The molecule has 10 heavy (non-hydrogen) atoms. The zero-order chi connectivity index (χ0) is 7.40. The highest BCUT2D eigenvalue weighted by Gasteiger charge is 1.92. The number of nitrogens with zero attached hydrogens (tertiary/aromatic N) is 2. The lowest BCUT2D eigenvalue weighted by Gasteiger charge is -1.98. The summed E-state index contributed by atoms with van der Waals surface area (Å²) in [4.78, 5) is 7.74. The lowest BCUT2D eigenvalue weighted by atomic mass is 10.5. The van der Waals surface area contributed by atoms with E-state index < -0.39 is 0 Å². The Bertz CT molecular complexity index is 195. The number of aliphatic hydroxyl groups excluding tert-OH is 1. The zero-order valence-electron chi connectivity index (χ0n) is 5.70. The van der Waals surface area contributed by atoms with Gasteiger partial charge in [0.25, 0.3) is 0 Å². The maximum absolute atomic E-state index is 8.60. The molecule has 0 aliphatic heterocycles. The van der Waals surface area contributed by atoms with Gasteiger partial charge in [-0.25, -0.2) is 9.97 Å². The summed E-state index contributed by atoms with van der Waals surface area (Å²) in [6.45, 7) is -0.116. The van der Waals surface area contributed by atoms with E-state index in [0.29, 0.717) is 5.82 Å². The summed E-state index contributed by atoms with van der Waals surface area (Å²) in [5.74, 6) is 1.16. The van der Waals surface area contributed by atoms with E-state index in [2.05, 4.69) is 15.3 Å². The second-order valence-corrected chi connectivity index (χ2v) is 1.77. The molecular formula is C6H9N3O. The maximum atomic E-state index is 8.60. The maximum Gasteiger partial charge on any atom is 0.156 e. The Hall–Kier alpha value is -1.16. The van der Waals surface area contributed by atoms with Gasteiger partial charge in [-0.05, 0) is 6.07 Å². The fraction of sp³-hybridized carbons (Fsp3) is 0.333. The molecule has 0 unspecified atom stereocenters. The Balaban J connectivity index is 2.87. The number of aromatic nitrogens is 2. The van der Waals surface area contributed by atoms with Crippen LogP contribution in [0.15, 0.2) is 12.3 Å². The highest BCUT2D eigenvalue weighted by atomic mass is 16.3. The molecule has 0 radical (unpaired) electrons. The first-order valence-electron chi connectivity index (χ1n) is 2.97. The molecule has 2 N–H and O–H groups in total. The SMILES string of the molecule is CNc1ccnc(CO)n1. The van der Waals surface area contributed by atoms with Crippen LogP contribution < -0.4 is 5.32 Å². The van der Waals surface area contributed by atoms with Gasteiger partial charge in [0.05, 0.1) is 0 Å². The van der Waals surface area contributed by atoms with Gasteiger partial charge in [-0.2, -0.15) is 0 Å². The third kappa shape index (κ3) is 1.41. The van der Waals surface area contributed by atoms with Crippen molar-refractivity contribution in [1.82, 2.24) is 9.97 Å². The highest BCUT2D eigenvalue weighted by Crippen LogP contribution is 1.98. The van der Waals surface area contributed by atoms with Gasteiger partial charge in [0.1, 0.15) is 12.4 Å². The number of anilines is 1. The van der Waals surface area contributed by atoms with Crippen LogP contribution in [0.4, 0.5) is 5.82 Å². The predicted molar refractivity (Wildman–Crippen MR) is 37.5 cm³/mol. The highest BCUT2D eigenvalue weighted by molar-refractivity contribution is 5.31. The molecule has 0 aliphatic rings. The molecule has 4 nitrogen and oxygen atoms in total. The molecule has 1 aromatic heterocycles. The number of hydrogen-bond acceptors (Lipinski definition) is 4. The van der Waals surface area contributed by atoms with Crippen molar-refractivity contribution in [2.75, 3.05) is 12.4 Å². The lowest BCUT2D eigenvalue weighted by molar-refractivity contribution is 0.271. The fourth-order valence-corrected chi connectivity index (χ4v) is 0.614. The number of aliphatic hydroxyl groups is 1. The van der Waals surface area contributed by atoms with Crippen LogP contribution in [-0.4, -0.2) is 22.1 Å². The summed E-state index contributed by atoms with van der Waals surface area (Å²) in [5.41, 5.74) is 0. The van der Waals surface area contributed by atoms with Crippen molar-refractivity contribution in [2.45, 2.75) is 6.61 Å². The molecular weight excluding hydrogens is 130 g/mol. The largest absolute Gasteiger partial charge is 0.388 e. The van der Waals surface area contributed by atoms with E-state index in [-0.39, 0.29) is 6.61 Å². The minimum Gasteiger partial charge on any atom is -0.388 e. The zero-order valence-corrected chi connectivity index (χ0v) is 5.70. The standard InChI is InChI=1S/C6H9N3O/c1-7-5-2-3-8-6(4-10)9-5/h2-3,10H,4H2,1H3,(H,7,8,9). The van der Waals surface area contributed by atoms with Crippen LogP contribution >= 0.6 is 0 Å². The van der Waals surface area contributed by atoms with E-state index in [9.17, 15) is 0 Å². The molecule has 1 heterocycles. The Kier molecular flexibility index (Phi) is 2.17. The molecule has 54 valence electrons. The molecule has 0 spiro atoms. The molecule has 0 fully saturated rings. The van der Waals surface area contributed by atoms with Crippen LogP contribution in [0.25, 0.3) is 0 Å². The quantitative estimate of drug-likeness (QED) is 0.606. The summed E-state index contributed by atoms with van der Waals surface area (Å²) in [7, 11) is 1.77. The van der Waals surface area contributed by atoms with Crippen LogP contribution in [0, 0.1) is 0 Å². The molecule has 0 bridgehead atoms. The second kappa shape index (κ2) is 3.12. The normalized spacial score (nSPS) is 9.40. The Morgan fingerprint density at radius 2 is 2.50 bits per heavy atom. The fourth-order valence-electron chi connectivity index (χ4n) is 0.614. The molecule has 0 amide bonds. The van der Waals surface area contributed by atoms with Gasteiger partial charge in [0.15, 0.2) is 5.82 Å². The van der Waals surface area contributed by atoms with Crippen LogP contribution in [0.3, 0.4) is 0 Å². The van der Waals surface area contributed by atoms with Crippen molar-refractivity contribution in [2.24, 2.45) is 0 Å². The van der Waals surface area contributed by atoms with Gasteiger partial charge in [0, 0.05) is 13.2 Å². The lowest BCUT2D eigenvalue weighted by Crippen LogP contribution is -1.98. The average molecular weight is 139 g/mol. The van der Waals surface area contributed by atoms with Gasteiger partial charge in [-0.1, -0.05) is 0 Å². The van der Waals surface area contributed by atoms with Gasteiger partial charge >= 0.3 is 0 Å². The number of nitrogens with one attached hydrogen (secondary N) is 1. The first-order valence-corrected chi connectivity index (χ1v) is 2.97. The van der Waals surface area contributed by atoms with E-state index in [0.717, 1.165) is 5.82 Å². The van der Waals surface area contributed by atoms with Crippen LogP contribution in [0.1, 0.15) is 5.82 Å². The Morgan fingerprint density at radius 1 is 1.70 bits per heavy atom. The summed E-state index contributed by atoms with van der Waals surface area (Å²) < 4.78 is 0. The van der Waals surface area contributed by atoms with Gasteiger partial charge in [0.2, 0.25) is 0 Å². The summed E-state index contributed by atoms with van der Waals surface area (Å²) in [6.07, 6.45) is 1.60. The first-order chi connectivity index (χ1) is 4.86. The van der Waals surface area contributed by atoms with Crippen LogP contribution in [0.5, 0.6) is 0 Å². The molecule has 0 aliphatic carbocycles. The van der Waals surface area contributed by atoms with Crippen LogP contribution in [0.2, 0.25) is 0 Å². The third-order valence-electron chi connectivity index (χ3n) is 1.10. The molecule has 0 saturated heterocycles. The van der Waals surface area contributed by atoms with Crippen molar-refractivity contribution in [3.63, 3.8) is 0 Å². The smallest absolute Gasteiger partial charge is 0.156 e. The molecule has 0 atom stereocenters. The molecule has 4 heteroatoms. The topological polar surface area (TPSA) is 58.0 Å². The monoisotopic (exact) mass is 139 g/mol. The summed E-state index contributed by atoms with van der Waals surface area (Å²) in [5, 5.41) is 11.4. The van der Waals surface area contributed by atoms with Crippen molar-refractivity contribution in [1.29, 1.82) is 0 Å². The number of rotatable bonds is 2. The summed E-state index contributed by atoms with van der Waals surface area (Å²) >= 11 is 0. The van der Waals surface area contributed by atoms with Gasteiger partial charge in [-0.3, -0.25) is 0 Å². The minimum atomic E-state index is -0.116.